The van der Waals surface area contributed by atoms with E-state index in [0.29, 0.717) is 36.2 Å². The zero-order valence-corrected chi connectivity index (χ0v) is 23.8. The van der Waals surface area contributed by atoms with Gasteiger partial charge in [0.05, 0.1) is 12.7 Å². The van der Waals surface area contributed by atoms with E-state index >= 15 is 0 Å². The molecule has 0 saturated carbocycles. The third-order valence-electron chi connectivity index (χ3n) is 7.24. The lowest BCUT2D eigenvalue weighted by molar-refractivity contribution is -0.120. The molecular formula is C29H37FN6O5. The maximum atomic E-state index is 13.6. The zero-order valence-electron chi connectivity index (χ0n) is 23.8. The van der Waals surface area contributed by atoms with Crippen LogP contribution in [0.25, 0.3) is 6.08 Å². The van der Waals surface area contributed by atoms with Gasteiger partial charge in [-0.05, 0) is 43.0 Å². The van der Waals surface area contributed by atoms with E-state index in [9.17, 15) is 18.8 Å². The smallest absolute Gasteiger partial charge is 0.322 e. The fourth-order valence-electron chi connectivity index (χ4n) is 5.16. The van der Waals surface area contributed by atoms with E-state index in [0.717, 1.165) is 43.8 Å². The Morgan fingerprint density at radius 2 is 2.02 bits per heavy atom. The predicted molar refractivity (Wildman–Crippen MR) is 152 cm³/mol. The summed E-state index contributed by atoms with van der Waals surface area (Å²) in [4.78, 5) is 43.2. The second-order valence-corrected chi connectivity index (χ2v) is 9.90. The number of piperidine rings is 1. The van der Waals surface area contributed by atoms with Gasteiger partial charge in [-0.1, -0.05) is 26.0 Å². The molecule has 4 aliphatic heterocycles. The van der Waals surface area contributed by atoms with Crippen LogP contribution in [0, 0.1) is 11.7 Å². The highest BCUT2D eigenvalue weighted by molar-refractivity contribution is 6.04. The van der Waals surface area contributed by atoms with Crippen molar-refractivity contribution in [3.05, 3.63) is 52.7 Å². The number of amidine groups is 1. The molecule has 0 aliphatic carbocycles. The van der Waals surface area contributed by atoms with E-state index in [-0.39, 0.29) is 17.2 Å². The number of likely N-dealkylation sites (tertiary alicyclic amines) is 1. The number of nitrogens with two attached hydrogens (primary N) is 1. The second kappa shape index (κ2) is 13.0. The number of furan rings is 1. The number of amides is 4. The first-order chi connectivity index (χ1) is 19.8. The van der Waals surface area contributed by atoms with Crippen molar-refractivity contribution in [2.45, 2.75) is 45.7 Å². The average molecular weight is 569 g/mol. The molecule has 2 aromatic rings. The molecule has 2 fully saturated rings. The Labute approximate surface area is 238 Å². The van der Waals surface area contributed by atoms with Crippen LogP contribution in [0.2, 0.25) is 0 Å². The number of carbonyl (C=O) groups is 3. The number of benzene rings is 1. The van der Waals surface area contributed by atoms with Crippen molar-refractivity contribution < 1.29 is 27.9 Å². The van der Waals surface area contributed by atoms with Gasteiger partial charge >= 0.3 is 6.03 Å². The van der Waals surface area contributed by atoms with Crippen LogP contribution < -0.4 is 21.1 Å². The van der Waals surface area contributed by atoms with Crippen molar-refractivity contribution in [3.63, 3.8) is 0 Å². The molecule has 0 bridgehead atoms. The van der Waals surface area contributed by atoms with E-state index in [1.165, 1.54) is 12.0 Å². The van der Waals surface area contributed by atoms with Gasteiger partial charge in [0, 0.05) is 39.2 Å². The molecule has 220 valence electrons. The molecule has 2 unspecified atom stereocenters. The molecule has 4 N–H and O–H groups in total. The number of aliphatic imine (C=N–C) groups is 1. The molecule has 2 saturated heterocycles. The minimum absolute atomic E-state index is 0.118. The van der Waals surface area contributed by atoms with Gasteiger partial charge in [0.25, 0.3) is 11.8 Å². The molecular weight excluding hydrogens is 531 g/mol. The molecule has 4 aliphatic rings. The lowest BCUT2D eigenvalue weighted by Gasteiger charge is -2.34. The monoisotopic (exact) mass is 568 g/mol. The van der Waals surface area contributed by atoms with E-state index < -0.39 is 23.8 Å². The SMILES string of the molecule is CC.COc1ccc2c(c1F)C(=O)N(C)C2.NCC1CCCN(C2=Nc3cc(C4NC(=O)NC4=O)oc3C=CC2)C1. The predicted octanol–water partition coefficient (Wildman–Crippen LogP) is 3.72. The van der Waals surface area contributed by atoms with Gasteiger partial charge in [-0.2, -0.15) is 0 Å². The van der Waals surface area contributed by atoms with Crippen LogP contribution >= 0.6 is 0 Å². The van der Waals surface area contributed by atoms with Crippen LogP contribution in [-0.4, -0.2) is 67.3 Å². The summed E-state index contributed by atoms with van der Waals surface area (Å²) in [5, 5.41) is 4.75. The summed E-state index contributed by atoms with van der Waals surface area (Å²) in [6, 6.07) is 3.68. The maximum Gasteiger partial charge on any atom is 0.322 e. The quantitative estimate of drug-likeness (QED) is 0.479. The lowest BCUT2D eigenvalue weighted by Crippen LogP contribution is -2.41. The van der Waals surface area contributed by atoms with Crippen LogP contribution in [-0.2, 0) is 11.3 Å². The first-order valence-corrected chi connectivity index (χ1v) is 13.8. The minimum atomic E-state index is -0.803. The first-order valence-electron chi connectivity index (χ1n) is 13.8. The molecule has 0 radical (unpaired) electrons. The van der Waals surface area contributed by atoms with Crippen LogP contribution in [0.1, 0.15) is 66.6 Å². The number of ether oxygens (including phenoxy) is 1. The van der Waals surface area contributed by atoms with Crippen molar-refractivity contribution >= 4 is 35.4 Å². The molecule has 1 aromatic heterocycles. The van der Waals surface area contributed by atoms with Gasteiger partial charge in [0.15, 0.2) is 23.4 Å². The fraction of sp³-hybridized carbons (Fsp3) is 0.448. The third-order valence-corrected chi connectivity index (χ3v) is 7.24. The summed E-state index contributed by atoms with van der Waals surface area (Å²) in [6.45, 7) is 7.06. The highest BCUT2D eigenvalue weighted by Gasteiger charge is 2.34. The molecule has 0 spiro atoms. The number of nitrogens with zero attached hydrogens (tertiary/aromatic N) is 3. The number of urea groups is 1. The topological polar surface area (TPSA) is 142 Å². The maximum absolute atomic E-state index is 13.6. The van der Waals surface area contributed by atoms with Crippen molar-refractivity contribution in [1.82, 2.24) is 20.4 Å². The van der Waals surface area contributed by atoms with Crippen molar-refractivity contribution in [3.8, 4) is 5.75 Å². The summed E-state index contributed by atoms with van der Waals surface area (Å²) < 4.78 is 24.2. The number of nitrogens with one attached hydrogen (secondary N) is 2. The molecule has 6 rings (SSSR count). The zero-order chi connectivity index (χ0) is 29.7. The average Bonchev–Trinajstić information content (AvgIpc) is 3.58. The number of hydrogen-bond donors (Lipinski definition) is 3. The molecule has 41 heavy (non-hydrogen) atoms. The standard InChI is InChI=1S/C17H21N5O3.C10H10FNO2.C2H6/c18-8-10-3-2-6-22(9-10)14-5-1-4-12-11(19-14)7-13(25-12)15-16(23)21-17(24)20-15;1-12-5-6-3-4-7(14-2)9(11)8(6)10(12)13;1-2/h1,4,7,10,15H,2-3,5-6,8-9,18H2,(H2,20,21,23,24);3-4H,5H2,1-2H3;1-2H3. The Balaban J connectivity index is 0.000000205. The largest absolute Gasteiger partial charge is 0.494 e. The number of halogens is 1. The Morgan fingerprint density at radius 3 is 2.71 bits per heavy atom. The van der Waals surface area contributed by atoms with Gasteiger partial charge in [0.1, 0.15) is 17.3 Å². The molecule has 11 nitrogen and oxygen atoms in total. The molecule has 2 atom stereocenters. The summed E-state index contributed by atoms with van der Waals surface area (Å²) in [6.07, 6.45) is 6.89. The van der Waals surface area contributed by atoms with Crippen molar-refractivity contribution in [2.24, 2.45) is 16.6 Å². The first kappa shape index (κ1) is 29.8. The van der Waals surface area contributed by atoms with Crippen LogP contribution in [0.4, 0.5) is 14.9 Å². The third kappa shape index (κ3) is 6.27. The summed E-state index contributed by atoms with van der Waals surface area (Å²) in [5.74, 6) is 1.35. The van der Waals surface area contributed by atoms with Gasteiger partial charge < -0.3 is 30.0 Å². The summed E-state index contributed by atoms with van der Waals surface area (Å²) in [5.41, 5.74) is 7.38. The van der Waals surface area contributed by atoms with Gasteiger partial charge in [-0.15, -0.1) is 0 Å². The number of fused-ring (bicyclic) bond motifs is 2. The molecule has 12 heteroatoms. The molecule has 5 heterocycles. The van der Waals surface area contributed by atoms with E-state index in [1.54, 1.807) is 25.2 Å². The summed E-state index contributed by atoms with van der Waals surface area (Å²) >= 11 is 0. The van der Waals surface area contributed by atoms with Crippen molar-refractivity contribution in [2.75, 3.05) is 33.8 Å². The highest BCUT2D eigenvalue weighted by Crippen LogP contribution is 2.33. The lowest BCUT2D eigenvalue weighted by atomic mass is 9.98. The van der Waals surface area contributed by atoms with Crippen LogP contribution in [0.5, 0.6) is 5.75 Å². The van der Waals surface area contributed by atoms with Gasteiger partial charge in [-0.3, -0.25) is 14.9 Å². The number of rotatable bonds is 3. The van der Waals surface area contributed by atoms with Crippen LogP contribution in [0.3, 0.4) is 0 Å². The number of methoxy groups -OCH3 is 1. The highest BCUT2D eigenvalue weighted by atomic mass is 19.1. The Kier molecular flexibility index (Phi) is 9.43. The number of carbonyl (C=O) groups excluding carboxylic acids is 3. The second-order valence-electron chi connectivity index (χ2n) is 9.90. The van der Waals surface area contributed by atoms with E-state index in [4.69, 9.17) is 19.9 Å². The van der Waals surface area contributed by atoms with Gasteiger partial charge in [-0.25, -0.2) is 14.2 Å². The van der Waals surface area contributed by atoms with E-state index in [1.807, 2.05) is 26.0 Å². The Morgan fingerprint density at radius 1 is 1.24 bits per heavy atom. The molecule has 1 aromatic carbocycles. The Hall–Kier alpha value is -4.19. The minimum Gasteiger partial charge on any atom is -0.494 e. The fourth-order valence-corrected chi connectivity index (χ4v) is 5.16. The van der Waals surface area contributed by atoms with Crippen LogP contribution in [0.15, 0.2) is 33.7 Å². The van der Waals surface area contributed by atoms with Crippen molar-refractivity contribution in [1.29, 1.82) is 0 Å². The number of imide groups is 1. The Bertz CT molecular complexity index is 1370. The van der Waals surface area contributed by atoms with E-state index in [2.05, 4.69) is 15.5 Å². The molecule has 4 amide bonds. The summed E-state index contributed by atoms with van der Waals surface area (Å²) in [7, 11) is 3.03. The number of hydrogen-bond acceptors (Lipinski definition) is 8. The van der Waals surface area contributed by atoms with Gasteiger partial charge in [0.2, 0.25) is 0 Å². The normalized spacial score (nSPS) is 20.9.